The zero-order valence-corrected chi connectivity index (χ0v) is 8.44. The topological polar surface area (TPSA) is 40.9 Å². The smallest absolute Gasteiger partial charge is 0.177 e. The number of Topliss-reactive ketones (excluding diaryl/α,β-unsaturated/α-hetero) is 1. The van der Waals surface area contributed by atoms with E-state index >= 15 is 0 Å². The van der Waals surface area contributed by atoms with E-state index in [1.54, 1.807) is 0 Å². The monoisotopic (exact) mass is 259 g/mol. The minimum atomic E-state index is -1.28. The van der Waals surface area contributed by atoms with Gasteiger partial charge in [0.05, 0.1) is 5.33 Å². The summed E-state index contributed by atoms with van der Waals surface area (Å²) in [7, 11) is 0. The van der Waals surface area contributed by atoms with E-state index in [2.05, 4.69) is 15.9 Å². The van der Waals surface area contributed by atoms with Crippen molar-refractivity contribution < 1.29 is 13.6 Å². The van der Waals surface area contributed by atoms with Crippen molar-refractivity contribution in [1.29, 1.82) is 5.26 Å². The Kier molecular flexibility index (Phi) is 3.31. The molecule has 0 aliphatic rings. The molecule has 0 bridgehead atoms. The minimum absolute atomic E-state index is 0.0350. The molecule has 0 aliphatic heterocycles. The summed E-state index contributed by atoms with van der Waals surface area (Å²) in [5.74, 6) is -2.87. The van der Waals surface area contributed by atoms with E-state index < -0.39 is 23.0 Å². The maximum atomic E-state index is 13.0. The molecule has 14 heavy (non-hydrogen) atoms. The Morgan fingerprint density at radius 2 is 2.14 bits per heavy atom. The highest BCUT2D eigenvalue weighted by molar-refractivity contribution is 9.09. The molecular formula is C9H4BrF2NO. The molecule has 0 saturated heterocycles. The van der Waals surface area contributed by atoms with Crippen LogP contribution in [0.1, 0.15) is 15.9 Å². The van der Waals surface area contributed by atoms with E-state index in [1.807, 2.05) is 0 Å². The molecule has 1 rings (SSSR count). The number of benzene rings is 1. The molecule has 0 radical (unpaired) electrons. The summed E-state index contributed by atoms with van der Waals surface area (Å²) in [6, 6.07) is 3.39. The van der Waals surface area contributed by atoms with Crippen LogP contribution in [-0.2, 0) is 0 Å². The molecule has 0 heterocycles. The minimum Gasteiger partial charge on any atom is -0.293 e. The molecular weight excluding hydrogens is 256 g/mol. The van der Waals surface area contributed by atoms with E-state index in [0.717, 1.165) is 12.1 Å². The molecule has 0 saturated carbocycles. The zero-order chi connectivity index (χ0) is 10.7. The molecule has 72 valence electrons. The van der Waals surface area contributed by atoms with E-state index in [0.29, 0.717) is 0 Å². The highest BCUT2D eigenvalue weighted by Crippen LogP contribution is 2.17. The van der Waals surface area contributed by atoms with Gasteiger partial charge in [0, 0.05) is 5.56 Å². The molecule has 5 heteroatoms. The number of ketones is 1. The molecule has 0 spiro atoms. The Morgan fingerprint density at radius 3 is 2.64 bits per heavy atom. The number of hydrogen-bond donors (Lipinski definition) is 0. The van der Waals surface area contributed by atoms with Crippen LogP contribution in [0, 0.1) is 23.0 Å². The standard InChI is InChI=1S/C9H4BrF2NO/c10-3-8(14)5-1-2-7(11)9(12)6(5)4-13/h1-2H,3H2. The Balaban J connectivity index is 3.40. The second-order valence-corrected chi connectivity index (χ2v) is 3.01. The number of halogens is 3. The lowest BCUT2D eigenvalue weighted by atomic mass is 10.0. The van der Waals surface area contributed by atoms with Gasteiger partial charge in [-0.1, -0.05) is 15.9 Å². The molecule has 0 fully saturated rings. The molecule has 0 unspecified atom stereocenters. The molecule has 0 atom stereocenters. The van der Waals surface area contributed by atoms with Gasteiger partial charge < -0.3 is 0 Å². The Morgan fingerprint density at radius 1 is 1.50 bits per heavy atom. The van der Waals surface area contributed by atoms with Crippen LogP contribution in [0.5, 0.6) is 0 Å². The molecule has 0 amide bonds. The van der Waals surface area contributed by atoms with E-state index in [1.165, 1.54) is 6.07 Å². The van der Waals surface area contributed by atoms with Crippen LogP contribution in [0.2, 0.25) is 0 Å². The largest absolute Gasteiger partial charge is 0.293 e. The summed E-state index contributed by atoms with van der Waals surface area (Å²) < 4.78 is 25.7. The summed E-state index contributed by atoms with van der Waals surface area (Å²) in [6.07, 6.45) is 0. The van der Waals surface area contributed by atoms with Crippen LogP contribution in [0.15, 0.2) is 12.1 Å². The van der Waals surface area contributed by atoms with Crippen LogP contribution >= 0.6 is 15.9 Å². The number of carbonyl (C=O) groups is 1. The van der Waals surface area contributed by atoms with Gasteiger partial charge in [0.15, 0.2) is 17.4 Å². The molecule has 0 N–H and O–H groups in total. The quantitative estimate of drug-likeness (QED) is 0.605. The van der Waals surface area contributed by atoms with Gasteiger partial charge in [-0.2, -0.15) is 5.26 Å². The predicted octanol–water partition coefficient (Wildman–Crippen LogP) is 2.41. The van der Waals surface area contributed by atoms with Crippen LogP contribution in [0.25, 0.3) is 0 Å². The highest BCUT2D eigenvalue weighted by atomic mass is 79.9. The Bertz CT molecular complexity index is 426. The number of hydrogen-bond acceptors (Lipinski definition) is 2. The first-order chi connectivity index (χ1) is 6.61. The lowest BCUT2D eigenvalue weighted by Crippen LogP contribution is -2.06. The van der Waals surface area contributed by atoms with Crippen LogP contribution in [0.3, 0.4) is 0 Å². The molecule has 2 nitrogen and oxygen atoms in total. The average Bonchev–Trinajstić information content (AvgIpc) is 2.20. The zero-order valence-electron chi connectivity index (χ0n) is 6.85. The van der Waals surface area contributed by atoms with Crippen molar-refractivity contribution in [3.8, 4) is 6.07 Å². The van der Waals surface area contributed by atoms with Crippen molar-refractivity contribution in [3.05, 3.63) is 34.9 Å². The second kappa shape index (κ2) is 4.29. The third-order valence-electron chi connectivity index (χ3n) is 1.63. The number of nitriles is 1. The lowest BCUT2D eigenvalue weighted by molar-refractivity contribution is 0.102. The van der Waals surface area contributed by atoms with E-state index in [9.17, 15) is 13.6 Å². The van der Waals surface area contributed by atoms with Gasteiger partial charge in [0.25, 0.3) is 0 Å². The van der Waals surface area contributed by atoms with Gasteiger partial charge in [-0.3, -0.25) is 4.79 Å². The van der Waals surface area contributed by atoms with Crippen LogP contribution in [0.4, 0.5) is 8.78 Å². The van der Waals surface area contributed by atoms with Gasteiger partial charge in [-0.25, -0.2) is 8.78 Å². The first-order valence-corrected chi connectivity index (χ1v) is 4.71. The maximum absolute atomic E-state index is 13.0. The first kappa shape index (κ1) is 10.8. The van der Waals surface area contributed by atoms with Crippen molar-refractivity contribution in [2.45, 2.75) is 0 Å². The van der Waals surface area contributed by atoms with Crippen molar-refractivity contribution >= 4 is 21.7 Å². The van der Waals surface area contributed by atoms with Crippen molar-refractivity contribution in [1.82, 2.24) is 0 Å². The van der Waals surface area contributed by atoms with Crippen molar-refractivity contribution in [3.63, 3.8) is 0 Å². The fraction of sp³-hybridized carbons (Fsp3) is 0.111. The number of alkyl halides is 1. The third kappa shape index (κ3) is 1.80. The maximum Gasteiger partial charge on any atom is 0.177 e. The average molecular weight is 260 g/mol. The summed E-state index contributed by atoms with van der Waals surface area (Å²) in [5, 5.41) is 8.51. The normalized spacial score (nSPS) is 9.57. The predicted molar refractivity (Wildman–Crippen MR) is 49.2 cm³/mol. The van der Waals surface area contributed by atoms with Crippen molar-refractivity contribution in [2.24, 2.45) is 0 Å². The highest BCUT2D eigenvalue weighted by Gasteiger charge is 2.17. The first-order valence-electron chi connectivity index (χ1n) is 3.59. The van der Waals surface area contributed by atoms with E-state index in [-0.39, 0.29) is 10.9 Å². The van der Waals surface area contributed by atoms with Gasteiger partial charge in [-0.15, -0.1) is 0 Å². The number of nitrogens with zero attached hydrogens (tertiary/aromatic N) is 1. The summed E-state index contributed by atoms with van der Waals surface area (Å²) in [6.45, 7) is 0. The van der Waals surface area contributed by atoms with Gasteiger partial charge in [-0.05, 0) is 12.1 Å². The fourth-order valence-corrected chi connectivity index (χ4v) is 1.27. The third-order valence-corrected chi connectivity index (χ3v) is 2.14. The number of carbonyl (C=O) groups excluding carboxylic acids is 1. The van der Waals surface area contributed by atoms with E-state index in [4.69, 9.17) is 5.26 Å². The summed E-state index contributed by atoms with van der Waals surface area (Å²) in [5.41, 5.74) is -0.655. The fourth-order valence-electron chi connectivity index (χ4n) is 0.964. The summed E-state index contributed by atoms with van der Waals surface area (Å²) >= 11 is 2.88. The Labute approximate surface area is 87.3 Å². The molecule has 0 aliphatic carbocycles. The lowest BCUT2D eigenvalue weighted by Gasteiger charge is -2.01. The van der Waals surface area contributed by atoms with Gasteiger partial charge in [0.1, 0.15) is 11.6 Å². The van der Waals surface area contributed by atoms with Crippen LogP contribution < -0.4 is 0 Å². The molecule has 1 aromatic carbocycles. The Hall–Kier alpha value is -1.28. The van der Waals surface area contributed by atoms with Crippen LogP contribution in [-0.4, -0.2) is 11.1 Å². The number of rotatable bonds is 2. The SMILES string of the molecule is N#Cc1c(C(=O)CBr)ccc(F)c1F. The summed E-state index contributed by atoms with van der Waals surface area (Å²) in [4.78, 5) is 11.2. The van der Waals surface area contributed by atoms with Gasteiger partial charge >= 0.3 is 0 Å². The molecule has 1 aromatic rings. The molecule has 0 aromatic heterocycles. The van der Waals surface area contributed by atoms with Crippen molar-refractivity contribution in [2.75, 3.05) is 5.33 Å². The second-order valence-electron chi connectivity index (χ2n) is 2.45. The van der Waals surface area contributed by atoms with Gasteiger partial charge in [0.2, 0.25) is 0 Å².